The van der Waals surface area contributed by atoms with Crippen molar-refractivity contribution in [3.63, 3.8) is 0 Å². The van der Waals surface area contributed by atoms with Crippen molar-refractivity contribution < 1.29 is 9.90 Å². The van der Waals surface area contributed by atoms with Crippen LogP contribution in [-0.4, -0.2) is 16.5 Å². The molecule has 2 unspecified atom stereocenters. The molecule has 2 saturated carbocycles. The highest BCUT2D eigenvalue weighted by Gasteiger charge is 2.45. The van der Waals surface area contributed by atoms with Gasteiger partial charge in [-0.15, -0.1) is 0 Å². The second-order valence-corrected chi connectivity index (χ2v) is 5.01. The number of Topliss-reactive ketones (excluding diaryl/α,β-unsaturated/α-hetero) is 1. The normalized spacial score (nSPS) is 39.8. The predicted molar refractivity (Wildman–Crippen MR) is 55.0 cm³/mol. The van der Waals surface area contributed by atoms with E-state index in [0.29, 0.717) is 18.8 Å². The summed E-state index contributed by atoms with van der Waals surface area (Å²) in [5.74, 6) is 0.698. The Balaban J connectivity index is 1.97. The first-order valence-corrected chi connectivity index (χ1v) is 5.95. The SMILES string of the molecule is O=C1CCCCCCC2CCC2(O)C1. The average molecular weight is 196 g/mol. The van der Waals surface area contributed by atoms with Crippen molar-refractivity contribution in [3.8, 4) is 0 Å². The highest BCUT2D eigenvalue weighted by Crippen LogP contribution is 2.44. The van der Waals surface area contributed by atoms with Gasteiger partial charge in [-0.05, 0) is 31.6 Å². The summed E-state index contributed by atoms with van der Waals surface area (Å²) in [4.78, 5) is 11.5. The molecule has 2 atom stereocenters. The van der Waals surface area contributed by atoms with Crippen LogP contribution in [0.3, 0.4) is 0 Å². The molecular weight excluding hydrogens is 176 g/mol. The summed E-state index contributed by atoms with van der Waals surface area (Å²) in [6.07, 6.45) is 8.92. The molecule has 2 heteroatoms. The average Bonchev–Trinajstić information content (AvgIpc) is 2.13. The van der Waals surface area contributed by atoms with E-state index in [1.54, 1.807) is 0 Å². The van der Waals surface area contributed by atoms with Gasteiger partial charge >= 0.3 is 0 Å². The minimum atomic E-state index is -0.603. The van der Waals surface area contributed by atoms with E-state index in [1.807, 2.05) is 0 Å². The van der Waals surface area contributed by atoms with Crippen molar-refractivity contribution >= 4 is 5.78 Å². The van der Waals surface area contributed by atoms with Gasteiger partial charge in [0, 0.05) is 12.8 Å². The number of aliphatic hydroxyl groups is 1. The van der Waals surface area contributed by atoms with Gasteiger partial charge in [0.25, 0.3) is 0 Å². The first kappa shape index (κ1) is 10.2. The predicted octanol–water partition coefficient (Wildman–Crippen LogP) is 2.44. The summed E-state index contributed by atoms with van der Waals surface area (Å²) in [7, 11) is 0. The fourth-order valence-corrected chi connectivity index (χ4v) is 2.82. The number of hydrogen-bond acceptors (Lipinski definition) is 2. The molecule has 0 aromatic heterocycles. The molecule has 0 amide bonds. The zero-order valence-electron chi connectivity index (χ0n) is 8.80. The van der Waals surface area contributed by atoms with E-state index in [0.717, 1.165) is 25.7 Å². The molecule has 2 rings (SSSR count). The smallest absolute Gasteiger partial charge is 0.135 e. The quantitative estimate of drug-likeness (QED) is 0.646. The lowest BCUT2D eigenvalue weighted by molar-refractivity contribution is -0.139. The molecule has 0 heterocycles. The highest BCUT2D eigenvalue weighted by atomic mass is 16.3. The van der Waals surface area contributed by atoms with Crippen molar-refractivity contribution in [2.45, 2.75) is 63.4 Å². The Hall–Kier alpha value is -0.370. The van der Waals surface area contributed by atoms with E-state index >= 15 is 0 Å². The van der Waals surface area contributed by atoms with Crippen molar-refractivity contribution in [3.05, 3.63) is 0 Å². The lowest BCUT2D eigenvalue weighted by Gasteiger charge is -2.45. The molecule has 2 fully saturated rings. The molecule has 2 aliphatic rings. The molecular formula is C12H20O2. The Morgan fingerprint density at radius 2 is 1.93 bits per heavy atom. The number of ketones is 1. The van der Waals surface area contributed by atoms with Gasteiger partial charge in [-0.25, -0.2) is 0 Å². The van der Waals surface area contributed by atoms with Crippen LogP contribution in [-0.2, 0) is 4.79 Å². The molecule has 1 N–H and O–H groups in total. The summed E-state index contributed by atoms with van der Waals surface area (Å²) in [6.45, 7) is 0. The number of carbonyl (C=O) groups excluding carboxylic acids is 1. The highest BCUT2D eigenvalue weighted by molar-refractivity contribution is 5.79. The van der Waals surface area contributed by atoms with Gasteiger partial charge in [0.05, 0.1) is 5.60 Å². The summed E-state index contributed by atoms with van der Waals surface area (Å²) < 4.78 is 0. The largest absolute Gasteiger partial charge is 0.389 e. The standard InChI is InChI=1S/C12H20O2/c13-11-6-4-2-1-3-5-10-7-8-12(10,14)9-11/h10,14H,1-9H2. The molecule has 14 heavy (non-hydrogen) atoms. The van der Waals surface area contributed by atoms with Crippen molar-refractivity contribution in [2.75, 3.05) is 0 Å². The van der Waals surface area contributed by atoms with Crippen molar-refractivity contribution in [2.24, 2.45) is 5.92 Å². The third-order valence-corrected chi connectivity index (χ3v) is 3.95. The zero-order chi connectivity index (χ0) is 10.0. The van der Waals surface area contributed by atoms with Crippen LogP contribution < -0.4 is 0 Å². The molecule has 0 aliphatic heterocycles. The van der Waals surface area contributed by atoms with E-state index in [4.69, 9.17) is 0 Å². The Labute approximate surface area is 85.7 Å². The van der Waals surface area contributed by atoms with E-state index in [-0.39, 0.29) is 5.78 Å². The summed E-state index contributed by atoms with van der Waals surface area (Å²) in [5, 5.41) is 10.2. The topological polar surface area (TPSA) is 37.3 Å². The van der Waals surface area contributed by atoms with E-state index in [2.05, 4.69) is 0 Å². The van der Waals surface area contributed by atoms with E-state index < -0.39 is 5.60 Å². The molecule has 80 valence electrons. The van der Waals surface area contributed by atoms with Gasteiger partial charge in [0.1, 0.15) is 5.78 Å². The third kappa shape index (κ3) is 2.00. The zero-order valence-corrected chi connectivity index (χ0v) is 8.80. The number of carbonyl (C=O) groups is 1. The monoisotopic (exact) mass is 196 g/mol. The van der Waals surface area contributed by atoms with Crippen LogP contribution in [0.4, 0.5) is 0 Å². The number of fused-ring (bicyclic) bond motifs is 1. The second kappa shape index (κ2) is 4.01. The molecule has 0 saturated heterocycles. The Kier molecular flexibility index (Phi) is 2.91. The fraction of sp³-hybridized carbons (Fsp3) is 0.917. The van der Waals surface area contributed by atoms with Gasteiger partial charge in [0.2, 0.25) is 0 Å². The van der Waals surface area contributed by atoms with Crippen molar-refractivity contribution in [1.82, 2.24) is 0 Å². The fourth-order valence-electron chi connectivity index (χ4n) is 2.82. The summed E-state index contributed by atoms with van der Waals surface area (Å²) >= 11 is 0. The Bertz CT molecular complexity index is 224. The first-order chi connectivity index (χ1) is 6.71. The summed E-state index contributed by atoms with van der Waals surface area (Å²) in [6, 6.07) is 0. The molecule has 0 radical (unpaired) electrons. The second-order valence-electron chi connectivity index (χ2n) is 5.01. The maximum atomic E-state index is 11.5. The molecule has 0 aromatic carbocycles. The van der Waals surface area contributed by atoms with E-state index in [9.17, 15) is 9.90 Å². The number of rotatable bonds is 0. The van der Waals surface area contributed by atoms with Crippen LogP contribution in [0.5, 0.6) is 0 Å². The first-order valence-electron chi connectivity index (χ1n) is 5.95. The van der Waals surface area contributed by atoms with Crippen LogP contribution >= 0.6 is 0 Å². The van der Waals surface area contributed by atoms with Crippen LogP contribution in [0.2, 0.25) is 0 Å². The van der Waals surface area contributed by atoms with Crippen LogP contribution in [0.25, 0.3) is 0 Å². The van der Waals surface area contributed by atoms with Crippen LogP contribution in [0.1, 0.15) is 57.8 Å². The minimum absolute atomic E-state index is 0.277. The molecule has 2 aliphatic carbocycles. The van der Waals surface area contributed by atoms with Gasteiger partial charge in [0.15, 0.2) is 0 Å². The molecule has 0 aromatic rings. The van der Waals surface area contributed by atoms with Crippen molar-refractivity contribution in [1.29, 1.82) is 0 Å². The third-order valence-electron chi connectivity index (χ3n) is 3.95. The minimum Gasteiger partial charge on any atom is -0.389 e. The van der Waals surface area contributed by atoms with Crippen LogP contribution in [0.15, 0.2) is 0 Å². The lowest BCUT2D eigenvalue weighted by Crippen LogP contribution is -2.48. The maximum absolute atomic E-state index is 11.5. The lowest BCUT2D eigenvalue weighted by atomic mass is 9.64. The van der Waals surface area contributed by atoms with Gasteiger partial charge in [-0.3, -0.25) is 4.79 Å². The Morgan fingerprint density at radius 1 is 1.14 bits per heavy atom. The van der Waals surface area contributed by atoms with Gasteiger partial charge in [-0.1, -0.05) is 19.3 Å². The van der Waals surface area contributed by atoms with E-state index in [1.165, 1.54) is 19.3 Å². The Morgan fingerprint density at radius 3 is 2.64 bits per heavy atom. The summed E-state index contributed by atoms with van der Waals surface area (Å²) in [5.41, 5.74) is -0.603. The molecule has 0 spiro atoms. The molecule has 0 bridgehead atoms. The van der Waals surface area contributed by atoms with Crippen LogP contribution in [0, 0.1) is 5.92 Å². The maximum Gasteiger partial charge on any atom is 0.135 e. The van der Waals surface area contributed by atoms with Gasteiger partial charge in [-0.2, -0.15) is 0 Å². The molecule has 2 nitrogen and oxygen atoms in total. The van der Waals surface area contributed by atoms with Gasteiger partial charge < -0.3 is 5.11 Å². The number of hydrogen-bond donors (Lipinski definition) is 1.